The molecule has 5 heteroatoms. The summed E-state index contributed by atoms with van der Waals surface area (Å²) in [4.78, 5) is 12.2. The second-order valence-electron chi connectivity index (χ2n) is 6.20. The molecule has 0 atom stereocenters. The Kier molecular flexibility index (Phi) is 7.92. The first-order valence-electron chi connectivity index (χ1n) is 9.04. The highest BCUT2D eigenvalue weighted by Crippen LogP contribution is 2.25. The minimum absolute atomic E-state index is 0.0355. The van der Waals surface area contributed by atoms with Crippen LogP contribution in [0, 0.1) is 5.82 Å². The van der Waals surface area contributed by atoms with Crippen LogP contribution in [0.25, 0.3) is 10.8 Å². The van der Waals surface area contributed by atoms with Crippen molar-refractivity contribution in [3.05, 3.63) is 40.2 Å². The number of hydrogen-bond acceptors (Lipinski definition) is 4. The monoisotopic (exact) mass is 350 g/mol. The van der Waals surface area contributed by atoms with Crippen molar-refractivity contribution in [3.63, 3.8) is 0 Å². The van der Waals surface area contributed by atoms with Crippen molar-refractivity contribution in [2.24, 2.45) is 0 Å². The van der Waals surface area contributed by atoms with Gasteiger partial charge in [0.25, 0.3) is 0 Å². The molecule has 2 rings (SSSR count). The van der Waals surface area contributed by atoms with Crippen molar-refractivity contribution in [1.29, 1.82) is 0 Å². The molecule has 25 heavy (non-hydrogen) atoms. The molecule has 0 unspecified atom stereocenters. The van der Waals surface area contributed by atoms with Crippen molar-refractivity contribution >= 4 is 10.8 Å². The first kappa shape index (κ1) is 19.4. The van der Waals surface area contributed by atoms with Gasteiger partial charge in [-0.25, -0.2) is 9.18 Å². The maximum absolute atomic E-state index is 14.6. The predicted molar refractivity (Wildman–Crippen MR) is 96.9 cm³/mol. The smallest absolute Gasteiger partial charge is 0.346 e. The molecule has 1 aromatic heterocycles. The second-order valence-corrected chi connectivity index (χ2v) is 6.20. The van der Waals surface area contributed by atoms with Crippen LogP contribution in [-0.4, -0.2) is 20.3 Å². The van der Waals surface area contributed by atoms with Gasteiger partial charge in [0.15, 0.2) is 11.6 Å². The van der Waals surface area contributed by atoms with E-state index in [0.29, 0.717) is 30.8 Å². The molecule has 0 N–H and O–H groups in total. The van der Waals surface area contributed by atoms with Crippen LogP contribution < -0.4 is 10.4 Å². The summed E-state index contributed by atoms with van der Waals surface area (Å²) < 4.78 is 30.4. The first-order valence-corrected chi connectivity index (χ1v) is 9.04. The van der Waals surface area contributed by atoms with Gasteiger partial charge in [-0.15, -0.1) is 0 Å². The zero-order chi connectivity index (χ0) is 18.1. The lowest BCUT2D eigenvalue weighted by Crippen LogP contribution is -2.07. The van der Waals surface area contributed by atoms with E-state index in [9.17, 15) is 9.18 Å². The Morgan fingerprint density at radius 2 is 1.88 bits per heavy atom. The topological polar surface area (TPSA) is 48.7 Å². The van der Waals surface area contributed by atoms with Gasteiger partial charge >= 0.3 is 5.63 Å². The molecule has 0 aliphatic rings. The van der Waals surface area contributed by atoms with Gasteiger partial charge < -0.3 is 13.9 Å². The average Bonchev–Trinajstić information content (AvgIpc) is 2.60. The van der Waals surface area contributed by atoms with Gasteiger partial charge in [-0.3, -0.25) is 0 Å². The van der Waals surface area contributed by atoms with E-state index < -0.39 is 11.4 Å². The molecule has 0 fully saturated rings. The molecule has 1 aromatic carbocycles. The van der Waals surface area contributed by atoms with Gasteiger partial charge in [0, 0.05) is 20.1 Å². The molecule has 0 saturated heterocycles. The third kappa shape index (κ3) is 5.56. The molecule has 2 aromatic rings. The van der Waals surface area contributed by atoms with Crippen molar-refractivity contribution in [2.45, 2.75) is 51.9 Å². The Balaban J connectivity index is 2.09. The quantitative estimate of drug-likeness (QED) is 0.543. The van der Waals surface area contributed by atoms with Crippen LogP contribution >= 0.6 is 0 Å². The number of aryl methyl sites for hydroxylation is 1. The van der Waals surface area contributed by atoms with E-state index in [4.69, 9.17) is 13.9 Å². The lowest BCUT2D eigenvalue weighted by Gasteiger charge is -2.09. The summed E-state index contributed by atoms with van der Waals surface area (Å²) in [6, 6.07) is 5.04. The van der Waals surface area contributed by atoms with Crippen LogP contribution in [0.2, 0.25) is 0 Å². The number of unbranched alkanes of at least 4 members (excludes halogenated alkanes) is 4. The fourth-order valence-electron chi connectivity index (χ4n) is 2.76. The summed E-state index contributed by atoms with van der Waals surface area (Å²) in [7, 11) is 1.66. The van der Waals surface area contributed by atoms with Gasteiger partial charge in [0.2, 0.25) is 0 Å². The Morgan fingerprint density at radius 1 is 1.08 bits per heavy atom. The zero-order valence-corrected chi connectivity index (χ0v) is 15.1. The van der Waals surface area contributed by atoms with E-state index in [0.717, 1.165) is 38.5 Å². The number of ether oxygens (including phenoxy) is 2. The van der Waals surface area contributed by atoms with E-state index in [-0.39, 0.29) is 11.1 Å². The lowest BCUT2D eigenvalue weighted by molar-refractivity contribution is 0.192. The fraction of sp³-hybridized carbons (Fsp3) is 0.550. The number of benzene rings is 1. The van der Waals surface area contributed by atoms with Crippen LogP contribution in [0.15, 0.2) is 27.4 Å². The van der Waals surface area contributed by atoms with Crippen LogP contribution in [0.3, 0.4) is 0 Å². The summed E-state index contributed by atoms with van der Waals surface area (Å²) in [5, 5.41) is 0.514. The molecular weight excluding hydrogens is 323 g/mol. The molecular formula is C20H27FO4. The predicted octanol–water partition coefficient (Wildman–Crippen LogP) is 4.86. The molecule has 0 radical (unpaired) electrons. The maximum Gasteiger partial charge on any atom is 0.346 e. The van der Waals surface area contributed by atoms with E-state index in [1.807, 2.05) is 0 Å². The minimum Gasteiger partial charge on any atom is -0.490 e. The molecule has 138 valence electrons. The fourth-order valence-corrected chi connectivity index (χ4v) is 2.76. The molecule has 0 amide bonds. The SMILES string of the molecule is CCCCCCOc1ccc2cc(CCCCOC)oc(=O)c2c1F. The first-order chi connectivity index (χ1) is 12.2. The number of fused-ring (bicyclic) bond motifs is 1. The van der Waals surface area contributed by atoms with Gasteiger partial charge in [0.05, 0.1) is 6.61 Å². The molecule has 0 bridgehead atoms. The Morgan fingerprint density at radius 3 is 2.64 bits per heavy atom. The van der Waals surface area contributed by atoms with Crippen LogP contribution in [0.5, 0.6) is 5.75 Å². The highest BCUT2D eigenvalue weighted by Gasteiger charge is 2.14. The summed E-state index contributed by atoms with van der Waals surface area (Å²) in [5.74, 6) is 0.0538. The number of hydrogen-bond donors (Lipinski definition) is 0. The molecule has 0 spiro atoms. The maximum atomic E-state index is 14.6. The number of rotatable bonds is 11. The highest BCUT2D eigenvalue weighted by atomic mass is 19.1. The van der Waals surface area contributed by atoms with Gasteiger partial charge in [-0.1, -0.05) is 32.3 Å². The van der Waals surface area contributed by atoms with E-state index in [2.05, 4.69) is 6.92 Å². The zero-order valence-electron chi connectivity index (χ0n) is 15.1. The number of halogens is 1. The van der Waals surface area contributed by atoms with E-state index in [1.165, 1.54) is 0 Å². The normalized spacial score (nSPS) is 11.2. The third-order valence-electron chi connectivity index (χ3n) is 4.16. The van der Waals surface area contributed by atoms with E-state index in [1.54, 1.807) is 25.3 Å². The molecule has 1 heterocycles. The molecule has 0 aliphatic carbocycles. The second kappa shape index (κ2) is 10.2. The summed E-state index contributed by atoms with van der Waals surface area (Å²) >= 11 is 0. The van der Waals surface area contributed by atoms with Gasteiger partial charge in [0.1, 0.15) is 11.1 Å². The molecule has 4 nitrogen and oxygen atoms in total. The summed E-state index contributed by atoms with van der Waals surface area (Å²) in [5.41, 5.74) is -0.645. The van der Waals surface area contributed by atoms with Crippen molar-refractivity contribution in [2.75, 3.05) is 20.3 Å². The molecule has 0 saturated carbocycles. The summed E-state index contributed by atoms with van der Waals surface area (Å²) in [6.45, 7) is 3.26. The summed E-state index contributed by atoms with van der Waals surface area (Å²) in [6.07, 6.45) is 6.58. The van der Waals surface area contributed by atoms with Crippen LogP contribution in [-0.2, 0) is 11.2 Å². The average molecular weight is 350 g/mol. The minimum atomic E-state index is -0.645. The lowest BCUT2D eigenvalue weighted by atomic mass is 10.1. The van der Waals surface area contributed by atoms with Crippen molar-refractivity contribution in [1.82, 2.24) is 0 Å². The Bertz CT molecular complexity index is 723. The standard InChI is InChI=1S/C20H27FO4/c1-3-4-5-7-13-24-17-11-10-15-14-16(9-6-8-12-23-2)25-20(22)18(15)19(17)21/h10-11,14H,3-9,12-13H2,1-2H3. The Labute approximate surface area is 147 Å². The molecule has 0 aliphatic heterocycles. The van der Waals surface area contributed by atoms with Crippen LogP contribution in [0.1, 0.15) is 51.2 Å². The van der Waals surface area contributed by atoms with Crippen LogP contribution in [0.4, 0.5) is 4.39 Å². The third-order valence-corrected chi connectivity index (χ3v) is 4.16. The van der Waals surface area contributed by atoms with E-state index >= 15 is 0 Å². The van der Waals surface area contributed by atoms with Crippen molar-refractivity contribution < 1.29 is 18.3 Å². The largest absolute Gasteiger partial charge is 0.490 e. The highest BCUT2D eigenvalue weighted by molar-refractivity contribution is 5.83. The van der Waals surface area contributed by atoms with Gasteiger partial charge in [-0.2, -0.15) is 0 Å². The Hall–Kier alpha value is -1.88. The number of methoxy groups -OCH3 is 1. The van der Waals surface area contributed by atoms with Crippen molar-refractivity contribution in [3.8, 4) is 5.75 Å². The van der Waals surface area contributed by atoms with Gasteiger partial charge in [-0.05, 0) is 36.8 Å².